The van der Waals surface area contributed by atoms with Crippen molar-refractivity contribution in [2.75, 3.05) is 12.4 Å². The first-order valence-corrected chi connectivity index (χ1v) is 8.44. The minimum Gasteiger partial charge on any atom is -0.497 e. The molecule has 0 aliphatic heterocycles. The van der Waals surface area contributed by atoms with Crippen LogP contribution in [0.25, 0.3) is 6.08 Å². The Bertz CT molecular complexity index is 852. The number of carbonyl (C=O) groups is 2. The zero-order chi connectivity index (χ0) is 20.0. The van der Waals surface area contributed by atoms with Gasteiger partial charge in [-0.2, -0.15) is 0 Å². The molecule has 0 atom stereocenters. The SMILES string of the molecule is COc1ccc(/C=C(/NC(=O)C(C)(C)C)C(=O)Nc2ccccc2F)cc1. The van der Waals surface area contributed by atoms with Crippen LogP contribution < -0.4 is 15.4 Å². The highest BCUT2D eigenvalue weighted by molar-refractivity contribution is 6.09. The highest BCUT2D eigenvalue weighted by atomic mass is 19.1. The van der Waals surface area contributed by atoms with Crippen molar-refractivity contribution in [3.63, 3.8) is 0 Å². The molecular formula is C21H23FN2O3. The van der Waals surface area contributed by atoms with Crippen LogP contribution in [0.15, 0.2) is 54.2 Å². The molecule has 0 saturated carbocycles. The fourth-order valence-corrected chi connectivity index (χ4v) is 2.09. The number of carbonyl (C=O) groups excluding carboxylic acids is 2. The van der Waals surface area contributed by atoms with Gasteiger partial charge in [0.05, 0.1) is 12.8 Å². The number of halogens is 1. The molecule has 2 amide bonds. The third kappa shape index (κ3) is 5.67. The van der Waals surface area contributed by atoms with E-state index in [0.29, 0.717) is 11.3 Å². The third-order valence-electron chi connectivity index (χ3n) is 3.72. The molecule has 2 aromatic carbocycles. The van der Waals surface area contributed by atoms with E-state index in [1.165, 1.54) is 24.3 Å². The largest absolute Gasteiger partial charge is 0.497 e. The van der Waals surface area contributed by atoms with E-state index in [4.69, 9.17) is 4.74 Å². The van der Waals surface area contributed by atoms with Crippen molar-refractivity contribution in [2.24, 2.45) is 5.41 Å². The molecule has 2 rings (SSSR count). The Kier molecular flexibility index (Phi) is 6.34. The molecule has 0 bridgehead atoms. The van der Waals surface area contributed by atoms with Crippen LogP contribution in [0.2, 0.25) is 0 Å². The van der Waals surface area contributed by atoms with E-state index < -0.39 is 17.1 Å². The van der Waals surface area contributed by atoms with E-state index in [2.05, 4.69) is 10.6 Å². The first-order valence-electron chi connectivity index (χ1n) is 8.44. The smallest absolute Gasteiger partial charge is 0.272 e. The molecule has 0 fully saturated rings. The number of hydrogen-bond acceptors (Lipinski definition) is 3. The lowest BCUT2D eigenvalue weighted by molar-refractivity contribution is -0.128. The molecule has 2 aromatic rings. The first kappa shape index (κ1) is 20.2. The highest BCUT2D eigenvalue weighted by Crippen LogP contribution is 2.18. The third-order valence-corrected chi connectivity index (χ3v) is 3.72. The molecule has 5 nitrogen and oxygen atoms in total. The molecule has 0 saturated heterocycles. The highest BCUT2D eigenvalue weighted by Gasteiger charge is 2.24. The maximum Gasteiger partial charge on any atom is 0.272 e. The second-order valence-electron chi connectivity index (χ2n) is 6.97. The van der Waals surface area contributed by atoms with Gasteiger partial charge in [0, 0.05) is 5.41 Å². The lowest BCUT2D eigenvalue weighted by Crippen LogP contribution is -2.38. The molecular weight excluding hydrogens is 347 g/mol. The monoisotopic (exact) mass is 370 g/mol. The molecule has 0 unspecified atom stereocenters. The van der Waals surface area contributed by atoms with Crippen LogP contribution in [-0.4, -0.2) is 18.9 Å². The Morgan fingerprint density at radius 3 is 2.22 bits per heavy atom. The molecule has 0 radical (unpaired) electrons. The fourth-order valence-electron chi connectivity index (χ4n) is 2.09. The number of rotatable bonds is 5. The maximum absolute atomic E-state index is 13.8. The number of methoxy groups -OCH3 is 1. The molecule has 2 N–H and O–H groups in total. The van der Waals surface area contributed by atoms with E-state index in [9.17, 15) is 14.0 Å². The molecule has 0 aliphatic carbocycles. The summed E-state index contributed by atoms with van der Waals surface area (Å²) in [5.74, 6) is -0.834. The number of para-hydroxylation sites is 1. The Hall–Kier alpha value is -3.15. The van der Waals surface area contributed by atoms with Crippen LogP contribution in [0.3, 0.4) is 0 Å². The minimum absolute atomic E-state index is 0.0170. The summed E-state index contributed by atoms with van der Waals surface area (Å²) < 4.78 is 19.0. The van der Waals surface area contributed by atoms with Crippen molar-refractivity contribution < 1.29 is 18.7 Å². The summed E-state index contributed by atoms with van der Waals surface area (Å²) in [7, 11) is 1.56. The molecule has 0 spiro atoms. The van der Waals surface area contributed by atoms with Gasteiger partial charge in [0.25, 0.3) is 5.91 Å². The molecule has 27 heavy (non-hydrogen) atoms. The summed E-state index contributed by atoms with van der Waals surface area (Å²) >= 11 is 0. The standard InChI is InChI=1S/C21H23FN2O3/c1-21(2,3)20(26)24-18(13-14-9-11-15(27-4)12-10-14)19(25)23-17-8-6-5-7-16(17)22/h5-13H,1-4H3,(H,23,25)(H,24,26)/b18-13+. The molecule has 6 heteroatoms. The van der Waals surface area contributed by atoms with Gasteiger partial charge in [0.15, 0.2) is 0 Å². The number of nitrogens with one attached hydrogen (secondary N) is 2. The predicted octanol–water partition coefficient (Wildman–Crippen LogP) is 3.98. The summed E-state index contributed by atoms with van der Waals surface area (Å²) in [5, 5.41) is 5.12. The Morgan fingerprint density at radius 1 is 1.04 bits per heavy atom. The van der Waals surface area contributed by atoms with Crippen LogP contribution in [-0.2, 0) is 9.59 Å². The maximum atomic E-state index is 13.8. The summed E-state index contributed by atoms with van der Waals surface area (Å²) in [6.07, 6.45) is 1.53. The van der Waals surface area contributed by atoms with Gasteiger partial charge in [-0.25, -0.2) is 4.39 Å². The van der Waals surface area contributed by atoms with Gasteiger partial charge in [-0.3, -0.25) is 9.59 Å². The van der Waals surface area contributed by atoms with E-state index in [0.717, 1.165) is 0 Å². The van der Waals surface area contributed by atoms with Crippen molar-refractivity contribution in [3.8, 4) is 5.75 Å². The van der Waals surface area contributed by atoms with Crippen LogP contribution in [0.4, 0.5) is 10.1 Å². The Morgan fingerprint density at radius 2 is 1.67 bits per heavy atom. The second kappa shape index (κ2) is 8.49. The van der Waals surface area contributed by atoms with Gasteiger partial charge in [0.2, 0.25) is 5.91 Å². The van der Waals surface area contributed by atoms with Gasteiger partial charge in [-0.15, -0.1) is 0 Å². The van der Waals surface area contributed by atoms with Gasteiger partial charge < -0.3 is 15.4 Å². The number of hydrogen-bond donors (Lipinski definition) is 2. The van der Waals surface area contributed by atoms with Crippen LogP contribution in [0.1, 0.15) is 26.3 Å². The van der Waals surface area contributed by atoms with Crippen molar-refractivity contribution in [1.82, 2.24) is 5.32 Å². The van der Waals surface area contributed by atoms with Gasteiger partial charge in [0.1, 0.15) is 17.3 Å². The van der Waals surface area contributed by atoms with Crippen LogP contribution in [0, 0.1) is 11.2 Å². The quantitative estimate of drug-likeness (QED) is 0.783. The fraction of sp³-hybridized carbons (Fsp3) is 0.238. The van der Waals surface area contributed by atoms with Gasteiger partial charge in [-0.05, 0) is 35.9 Å². The molecule has 0 heterocycles. The number of amides is 2. The predicted molar refractivity (Wildman–Crippen MR) is 104 cm³/mol. The van der Waals surface area contributed by atoms with E-state index in [1.54, 1.807) is 58.2 Å². The van der Waals surface area contributed by atoms with Crippen molar-refractivity contribution in [2.45, 2.75) is 20.8 Å². The number of anilines is 1. The summed E-state index contributed by atoms with van der Waals surface area (Å²) in [4.78, 5) is 25.0. The van der Waals surface area contributed by atoms with Crippen molar-refractivity contribution >= 4 is 23.6 Å². The average Bonchev–Trinajstić information content (AvgIpc) is 2.62. The number of benzene rings is 2. The normalized spacial score (nSPS) is 11.7. The zero-order valence-electron chi connectivity index (χ0n) is 15.8. The Labute approximate surface area is 158 Å². The van der Waals surface area contributed by atoms with E-state index in [1.807, 2.05) is 0 Å². The van der Waals surface area contributed by atoms with Crippen molar-refractivity contribution in [3.05, 3.63) is 65.6 Å². The topological polar surface area (TPSA) is 67.4 Å². The first-order chi connectivity index (χ1) is 12.7. The lowest BCUT2D eigenvalue weighted by atomic mass is 9.95. The molecule has 142 valence electrons. The van der Waals surface area contributed by atoms with E-state index >= 15 is 0 Å². The van der Waals surface area contributed by atoms with Crippen LogP contribution >= 0.6 is 0 Å². The summed E-state index contributed by atoms with van der Waals surface area (Å²) in [5.41, 5.74) is 0.0391. The molecule has 0 aromatic heterocycles. The number of ether oxygens (including phenoxy) is 1. The van der Waals surface area contributed by atoms with Gasteiger partial charge in [-0.1, -0.05) is 45.0 Å². The average molecular weight is 370 g/mol. The Balaban J connectivity index is 2.33. The summed E-state index contributed by atoms with van der Waals surface area (Å²) in [6.45, 7) is 5.21. The summed E-state index contributed by atoms with van der Waals surface area (Å²) in [6, 6.07) is 12.8. The van der Waals surface area contributed by atoms with Crippen molar-refractivity contribution in [1.29, 1.82) is 0 Å². The van der Waals surface area contributed by atoms with Crippen LogP contribution in [0.5, 0.6) is 5.75 Å². The van der Waals surface area contributed by atoms with E-state index in [-0.39, 0.29) is 17.3 Å². The minimum atomic E-state index is -0.697. The zero-order valence-corrected chi connectivity index (χ0v) is 15.8. The lowest BCUT2D eigenvalue weighted by Gasteiger charge is -2.19. The second-order valence-corrected chi connectivity index (χ2v) is 6.97. The van der Waals surface area contributed by atoms with Gasteiger partial charge >= 0.3 is 0 Å². The molecule has 0 aliphatic rings.